The maximum absolute atomic E-state index is 10.9. The van der Waals surface area contributed by atoms with Gasteiger partial charge in [-0.25, -0.2) is 4.79 Å². The van der Waals surface area contributed by atoms with Crippen LogP contribution in [0.2, 0.25) is 0 Å². The van der Waals surface area contributed by atoms with Crippen LogP contribution in [0.4, 0.5) is 0 Å². The predicted molar refractivity (Wildman–Crippen MR) is 62.5 cm³/mol. The van der Waals surface area contributed by atoms with Crippen molar-refractivity contribution in [2.45, 2.75) is 39.7 Å². The van der Waals surface area contributed by atoms with E-state index in [0.717, 1.165) is 19.6 Å². The van der Waals surface area contributed by atoms with Gasteiger partial charge in [0.25, 0.3) is 0 Å². The van der Waals surface area contributed by atoms with Crippen molar-refractivity contribution in [3.8, 4) is 0 Å². The van der Waals surface area contributed by atoms with Gasteiger partial charge in [-0.15, -0.1) is 0 Å². The third-order valence-corrected chi connectivity index (χ3v) is 3.11. The Bertz CT molecular complexity index is 240. The summed E-state index contributed by atoms with van der Waals surface area (Å²) in [5, 5.41) is 8.94. The molecular weight excluding hydrogens is 206 g/mol. The summed E-state index contributed by atoms with van der Waals surface area (Å²) >= 11 is 0. The minimum Gasteiger partial charge on any atom is -0.479 e. The molecule has 94 valence electrons. The molecule has 1 aliphatic heterocycles. The summed E-state index contributed by atoms with van der Waals surface area (Å²) in [6, 6.07) is 0. The Morgan fingerprint density at radius 1 is 1.56 bits per heavy atom. The lowest BCUT2D eigenvalue weighted by atomic mass is 9.93. The summed E-state index contributed by atoms with van der Waals surface area (Å²) < 4.78 is 5.19. The molecule has 1 fully saturated rings. The van der Waals surface area contributed by atoms with E-state index in [0.29, 0.717) is 18.4 Å². The highest BCUT2D eigenvalue weighted by Crippen LogP contribution is 2.28. The Morgan fingerprint density at radius 2 is 2.25 bits per heavy atom. The fraction of sp³-hybridized carbons (Fsp3) is 0.917. The van der Waals surface area contributed by atoms with Gasteiger partial charge < -0.3 is 14.7 Å². The lowest BCUT2D eigenvalue weighted by Crippen LogP contribution is -2.31. The van der Waals surface area contributed by atoms with E-state index in [9.17, 15) is 4.79 Å². The highest BCUT2D eigenvalue weighted by Gasteiger charge is 2.29. The van der Waals surface area contributed by atoms with Crippen LogP contribution in [-0.2, 0) is 9.53 Å². The van der Waals surface area contributed by atoms with Gasteiger partial charge in [0.15, 0.2) is 6.10 Å². The molecule has 0 aliphatic carbocycles. The van der Waals surface area contributed by atoms with Crippen LogP contribution in [0.1, 0.15) is 33.6 Å². The van der Waals surface area contributed by atoms with Crippen molar-refractivity contribution in [1.82, 2.24) is 4.90 Å². The van der Waals surface area contributed by atoms with Crippen LogP contribution in [0.25, 0.3) is 0 Å². The van der Waals surface area contributed by atoms with Gasteiger partial charge in [0.2, 0.25) is 0 Å². The molecule has 0 aromatic heterocycles. The molecule has 1 saturated heterocycles. The molecule has 1 atom stereocenters. The van der Waals surface area contributed by atoms with Gasteiger partial charge in [0.1, 0.15) is 0 Å². The van der Waals surface area contributed by atoms with E-state index in [1.165, 1.54) is 6.42 Å². The van der Waals surface area contributed by atoms with E-state index in [4.69, 9.17) is 9.84 Å². The summed E-state index contributed by atoms with van der Waals surface area (Å²) in [7, 11) is 0. The van der Waals surface area contributed by atoms with Gasteiger partial charge in [-0.05, 0) is 31.7 Å². The van der Waals surface area contributed by atoms with E-state index < -0.39 is 12.1 Å². The van der Waals surface area contributed by atoms with Gasteiger partial charge in [-0.2, -0.15) is 0 Å². The molecule has 1 heterocycles. The summed E-state index contributed by atoms with van der Waals surface area (Å²) in [5.41, 5.74) is 0.379. The van der Waals surface area contributed by atoms with Crippen LogP contribution in [0.3, 0.4) is 0 Å². The van der Waals surface area contributed by atoms with Crippen molar-refractivity contribution in [1.29, 1.82) is 0 Å². The average molecular weight is 229 g/mol. The number of likely N-dealkylation sites (tertiary alicyclic amines) is 1. The molecule has 0 aromatic carbocycles. The molecule has 0 bridgehead atoms. The number of carboxylic acid groups (broad SMARTS) is 1. The Kier molecular flexibility index (Phi) is 4.74. The van der Waals surface area contributed by atoms with Crippen molar-refractivity contribution in [3.63, 3.8) is 0 Å². The number of hydrogen-bond donors (Lipinski definition) is 1. The molecular formula is C12H23NO3. The minimum atomic E-state index is -0.847. The van der Waals surface area contributed by atoms with Crippen LogP contribution in [0.5, 0.6) is 0 Å². The Morgan fingerprint density at radius 3 is 2.69 bits per heavy atom. The summed E-state index contributed by atoms with van der Waals surface area (Å²) in [5.74, 6) is -0.847. The van der Waals surface area contributed by atoms with Gasteiger partial charge >= 0.3 is 5.97 Å². The zero-order valence-corrected chi connectivity index (χ0v) is 10.5. The molecule has 0 saturated carbocycles. The summed E-state index contributed by atoms with van der Waals surface area (Å²) in [4.78, 5) is 13.2. The summed E-state index contributed by atoms with van der Waals surface area (Å²) in [6.45, 7) is 9.75. The molecule has 0 radical (unpaired) electrons. The zero-order valence-electron chi connectivity index (χ0n) is 10.5. The van der Waals surface area contributed by atoms with E-state index in [1.54, 1.807) is 0 Å². The van der Waals surface area contributed by atoms with Gasteiger partial charge in [0.05, 0.1) is 0 Å². The van der Waals surface area contributed by atoms with E-state index in [2.05, 4.69) is 18.7 Å². The molecule has 0 aromatic rings. The average Bonchev–Trinajstić information content (AvgIpc) is 2.52. The number of rotatable bonds is 6. The minimum absolute atomic E-state index is 0.379. The standard InChI is InChI=1S/C12H23NO3/c1-4-16-10(11(14)15)5-7-13-8-6-12(2,3)9-13/h10H,4-9H2,1-3H3,(H,14,15). The maximum atomic E-state index is 10.9. The molecule has 4 heteroatoms. The van der Waals surface area contributed by atoms with Crippen LogP contribution in [0, 0.1) is 5.41 Å². The monoisotopic (exact) mass is 229 g/mol. The van der Waals surface area contributed by atoms with E-state index >= 15 is 0 Å². The molecule has 0 spiro atoms. The molecule has 1 aliphatic rings. The molecule has 1 N–H and O–H groups in total. The van der Waals surface area contributed by atoms with Gasteiger partial charge in [0, 0.05) is 19.7 Å². The normalized spacial score (nSPS) is 22.2. The van der Waals surface area contributed by atoms with Crippen LogP contribution >= 0.6 is 0 Å². The highest BCUT2D eigenvalue weighted by atomic mass is 16.5. The van der Waals surface area contributed by atoms with Crippen molar-refractivity contribution in [2.24, 2.45) is 5.41 Å². The Labute approximate surface area is 97.6 Å². The van der Waals surface area contributed by atoms with Crippen LogP contribution in [0.15, 0.2) is 0 Å². The third kappa shape index (κ3) is 4.10. The Hall–Kier alpha value is -0.610. The summed E-state index contributed by atoms with van der Waals surface area (Å²) in [6.07, 6.45) is 1.13. The maximum Gasteiger partial charge on any atom is 0.332 e. The first-order valence-corrected chi connectivity index (χ1v) is 6.01. The van der Waals surface area contributed by atoms with Crippen molar-refractivity contribution < 1.29 is 14.6 Å². The number of nitrogens with zero attached hydrogens (tertiary/aromatic N) is 1. The molecule has 1 unspecified atom stereocenters. The van der Waals surface area contributed by atoms with Gasteiger partial charge in [-0.3, -0.25) is 0 Å². The SMILES string of the molecule is CCOC(CCN1CCC(C)(C)C1)C(=O)O. The lowest BCUT2D eigenvalue weighted by molar-refractivity contribution is -0.150. The van der Waals surface area contributed by atoms with Crippen LogP contribution < -0.4 is 0 Å². The zero-order chi connectivity index (χ0) is 12.2. The fourth-order valence-corrected chi connectivity index (χ4v) is 2.19. The number of aliphatic carboxylic acids is 1. The molecule has 4 nitrogen and oxygen atoms in total. The van der Waals surface area contributed by atoms with Gasteiger partial charge in [-0.1, -0.05) is 13.8 Å². The second-order valence-electron chi connectivity index (χ2n) is 5.26. The number of carbonyl (C=O) groups is 1. The van der Waals surface area contributed by atoms with Crippen molar-refractivity contribution in [2.75, 3.05) is 26.2 Å². The second-order valence-corrected chi connectivity index (χ2v) is 5.26. The largest absolute Gasteiger partial charge is 0.479 e. The van der Waals surface area contributed by atoms with E-state index in [-0.39, 0.29) is 0 Å². The first-order chi connectivity index (χ1) is 7.44. The highest BCUT2D eigenvalue weighted by molar-refractivity contribution is 5.72. The fourth-order valence-electron chi connectivity index (χ4n) is 2.19. The molecule has 16 heavy (non-hydrogen) atoms. The van der Waals surface area contributed by atoms with Crippen LogP contribution in [-0.4, -0.2) is 48.3 Å². The third-order valence-electron chi connectivity index (χ3n) is 3.11. The number of hydrogen-bond acceptors (Lipinski definition) is 3. The lowest BCUT2D eigenvalue weighted by Gasteiger charge is -2.21. The van der Waals surface area contributed by atoms with E-state index in [1.807, 2.05) is 6.92 Å². The molecule has 0 amide bonds. The van der Waals surface area contributed by atoms with Crippen molar-refractivity contribution >= 4 is 5.97 Å². The Balaban J connectivity index is 2.30. The predicted octanol–water partition coefficient (Wildman–Crippen LogP) is 1.60. The first-order valence-electron chi connectivity index (χ1n) is 6.01. The van der Waals surface area contributed by atoms with Crippen molar-refractivity contribution in [3.05, 3.63) is 0 Å². The number of ether oxygens (including phenoxy) is 1. The first kappa shape index (κ1) is 13.5. The number of carboxylic acids is 1. The second kappa shape index (κ2) is 5.64. The molecule has 1 rings (SSSR count). The quantitative estimate of drug-likeness (QED) is 0.751. The smallest absolute Gasteiger partial charge is 0.332 e. The topological polar surface area (TPSA) is 49.8 Å².